The highest BCUT2D eigenvalue weighted by molar-refractivity contribution is 6.31. The number of amides is 2. The van der Waals surface area contributed by atoms with E-state index in [0.717, 1.165) is 4.90 Å². The van der Waals surface area contributed by atoms with Crippen LogP contribution >= 0.6 is 0 Å². The Morgan fingerprint density at radius 3 is 2.23 bits per heavy atom. The molecule has 0 spiro atoms. The van der Waals surface area contributed by atoms with Crippen molar-refractivity contribution in [2.45, 2.75) is 13.8 Å². The number of hydrogen-bond acceptors (Lipinski definition) is 5. The van der Waals surface area contributed by atoms with Crippen molar-refractivity contribution in [2.75, 3.05) is 23.4 Å². The van der Waals surface area contributed by atoms with Crippen LogP contribution in [0.5, 0.6) is 11.5 Å². The molecule has 0 bridgehead atoms. The van der Waals surface area contributed by atoms with Crippen molar-refractivity contribution in [3.05, 3.63) is 60.3 Å². The van der Waals surface area contributed by atoms with Crippen LogP contribution in [0.25, 0.3) is 0 Å². The minimum absolute atomic E-state index is 0.188. The zero-order chi connectivity index (χ0) is 18.5. The molecule has 26 heavy (non-hydrogen) atoms. The molecule has 6 heteroatoms. The second-order valence-corrected chi connectivity index (χ2v) is 5.49. The Morgan fingerprint density at radius 2 is 1.50 bits per heavy atom. The van der Waals surface area contributed by atoms with Gasteiger partial charge in [0.1, 0.15) is 17.2 Å². The van der Waals surface area contributed by atoms with Crippen molar-refractivity contribution >= 4 is 23.2 Å². The quantitative estimate of drug-likeness (QED) is 0.774. The lowest BCUT2D eigenvalue weighted by Gasteiger charge is -2.19. The van der Waals surface area contributed by atoms with Gasteiger partial charge in [-0.25, -0.2) is 4.90 Å². The topological polar surface area (TPSA) is 67.9 Å². The molecule has 0 saturated carbocycles. The predicted molar refractivity (Wildman–Crippen MR) is 99.4 cm³/mol. The van der Waals surface area contributed by atoms with Gasteiger partial charge < -0.3 is 14.8 Å². The Bertz CT molecular complexity index is 860. The number of anilines is 2. The normalized spacial score (nSPS) is 13.6. The van der Waals surface area contributed by atoms with Crippen LogP contribution in [0, 0.1) is 0 Å². The fourth-order valence-electron chi connectivity index (χ4n) is 2.70. The molecule has 0 atom stereocenters. The lowest BCUT2D eigenvalue weighted by Crippen LogP contribution is -2.32. The Kier molecular flexibility index (Phi) is 5.22. The molecule has 2 aromatic carbocycles. The summed E-state index contributed by atoms with van der Waals surface area (Å²) in [6, 6.07) is 14.2. The minimum Gasteiger partial charge on any atom is -0.492 e. The van der Waals surface area contributed by atoms with Crippen molar-refractivity contribution in [1.29, 1.82) is 0 Å². The summed E-state index contributed by atoms with van der Waals surface area (Å²) in [7, 11) is 0. The molecule has 0 unspecified atom stereocenters. The van der Waals surface area contributed by atoms with Gasteiger partial charge in [0.2, 0.25) is 0 Å². The van der Waals surface area contributed by atoms with Crippen molar-refractivity contribution in [3.8, 4) is 11.5 Å². The predicted octanol–water partition coefficient (Wildman–Crippen LogP) is 3.35. The van der Waals surface area contributed by atoms with E-state index in [9.17, 15) is 9.59 Å². The Morgan fingerprint density at radius 1 is 0.885 bits per heavy atom. The van der Waals surface area contributed by atoms with Crippen LogP contribution in [-0.4, -0.2) is 25.0 Å². The minimum atomic E-state index is -0.437. The highest BCUT2D eigenvalue weighted by Crippen LogP contribution is 2.33. The van der Waals surface area contributed by atoms with Crippen LogP contribution < -0.4 is 19.7 Å². The second kappa shape index (κ2) is 7.74. The number of carbonyl (C=O) groups excluding carboxylic acids is 2. The number of para-hydroxylation sites is 4. The number of rotatable bonds is 7. The molecule has 1 N–H and O–H groups in total. The summed E-state index contributed by atoms with van der Waals surface area (Å²) < 4.78 is 11.1. The number of benzene rings is 2. The van der Waals surface area contributed by atoms with E-state index in [-0.39, 0.29) is 5.70 Å². The molecular weight excluding hydrogens is 332 g/mol. The van der Waals surface area contributed by atoms with Crippen LogP contribution in [0.3, 0.4) is 0 Å². The van der Waals surface area contributed by atoms with Crippen LogP contribution in [0.15, 0.2) is 60.3 Å². The van der Waals surface area contributed by atoms with Gasteiger partial charge in [-0.1, -0.05) is 24.3 Å². The molecule has 0 aliphatic carbocycles. The summed E-state index contributed by atoms with van der Waals surface area (Å²) in [5, 5.41) is 3.01. The maximum atomic E-state index is 12.8. The monoisotopic (exact) mass is 352 g/mol. The zero-order valence-corrected chi connectivity index (χ0v) is 14.7. The third-order valence-electron chi connectivity index (χ3n) is 3.78. The van der Waals surface area contributed by atoms with Gasteiger partial charge in [0.15, 0.2) is 0 Å². The van der Waals surface area contributed by atoms with Crippen molar-refractivity contribution in [3.63, 3.8) is 0 Å². The first-order valence-corrected chi connectivity index (χ1v) is 8.46. The molecule has 134 valence electrons. The zero-order valence-electron chi connectivity index (χ0n) is 14.7. The third-order valence-corrected chi connectivity index (χ3v) is 3.78. The Labute approximate surface area is 152 Å². The van der Waals surface area contributed by atoms with Gasteiger partial charge in [-0.05, 0) is 38.1 Å². The van der Waals surface area contributed by atoms with Gasteiger partial charge in [-0.2, -0.15) is 0 Å². The maximum absolute atomic E-state index is 12.8. The number of nitrogens with one attached hydrogen (secondary N) is 1. The molecule has 0 radical (unpaired) electrons. The number of imide groups is 1. The Hall–Kier alpha value is -3.28. The fourth-order valence-corrected chi connectivity index (χ4v) is 2.70. The van der Waals surface area contributed by atoms with Gasteiger partial charge in [-0.3, -0.25) is 9.59 Å². The number of hydrogen-bond donors (Lipinski definition) is 1. The smallest absolute Gasteiger partial charge is 0.282 e. The van der Waals surface area contributed by atoms with E-state index in [0.29, 0.717) is 36.1 Å². The summed E-state index contributed by atoms with van der Waals surface area (Å²) >= 11 is 0. The summed E-state index contributed by atoms with van der Waals surface area (Å²) in [4.78, 5) is 26.4. The van der Waals surface area contributed by atoms with Crippen LogP contribution in [-0.2, 0) is 9.59 Å². The SMILES string of the molecule is CCOc1ccccc1NC1=CC(=O)N(c2ccccc2OCC)C1=O. The van der Waals surface area contributed by atoms with Crippen LogP contribution in [0.1, 0.15) is 13.8 Å². The number of carbonyl (C=O) groups is 2. The van der Waals surface area contributed by atoms with Crippen LogP contribution in [0.4, 0.5) is 11.4 Å². The first kappa shape index (κ1) is 17.5. The first-order valence-electron chi connectivity index (χ1n) is 8.46. The first-order chi connectivity index (χ1) is 12.7. The molecule has 6 nitrogen and oxygen atoms in total. The fraction of sp³-hybridized carbons (Fsp3) is 0.200. The average Bonchev–Trinajstić information content (AvgIpc) is 2.91. The third kappa shape index (κ3) is 3.39. The van der Waals surface area contributed by atoms with Crippen molar-refractivity contribution in [1.82, 2.24) is 0 Å². The van der Waals surface area contributed by atoms with Gasteiger partial charge >= 0.3 is 0 Å². The van der Waals surface area contributed by atoms with Gasteiger partial charge in [-0.15, -0.1) is 0 Å². The van der Waals surface area contributed by atoms with Crippen LogP contribution in [0.2, 0.25) is 0 Å². The molecule has 0 fully saturated rings. The Balaban J connectivity index is 1.87. The van der Waals surface area contributed by atoms with E-state index in [2.05, 4.69) is 5.32 Å². The molecule has 3 rings (SSSR count). The summed E-state index contributed by atoms with van der Waals surface area (Å²) in [6.45, 7) is 4.67. The van der Waals surface area contributed by atoms with E-state index in [1.54, 1.807) is 36.4 Å². The largest absolute Gasteiger partial charge is 0.492 e. The van der Waals surface area contributed by atoms with Gasteiger partial charge in [0.05, 0.1) is 24.6 Å². The average molecular weight is 352 g/mol. The number of ether oxygens (including phenoxy) is 2. The summed E-state index contributed by atoms with van der Waals surface area (Å²) in [5.74, 6) is 0.248. The summed E-state index contributed by atoms with van der Waals surface area (Å²) in [6.07, 6.45) is 1.29. The molecule has 2 aromatic rings. The maximum Gasteiger partial charge on any atom is 0.282 e. The van der Waals surface area contributed by atoms with Crippen molar-refractivity contribution in [2.24, 2.45) is 0 Å². The lowest BCUT2D eigenvalue weighted by atomic mass is 10.2. The van der Waals surface area contributed by atoms with Gasteiger partial charge in [0.25, 0.3) is 11.8 Å². The molecule has 2 amide bonds. The molecule has 1 aliphatic rings. The van der Waals surface area contributed by atoms with E-state index < -0.39 is 11.8 Å². The lowest BCUT2D eigenvalue weighted by molar-refractivity contribution is -0.120. The van der Waals surface area contributed by atoms with E-state index >= 15 is 0 Å². The molecule has 1 heterocycles. The van der Waals surface area contributed by atoms with Crippen molar-refractivity contribution < 1.29 is 19.1 Å². The molecular formula is C20H20N2O4. The van der Waals surface area contributed by atoms with E-state index in [1.165, 1.54) is 6.08 Å². The molecule has 0 aromatic heterocycles. The van der Waals surface area contributed by atoms with Gasteiger partial charge in [0, 0.05) is 6.08 Å². The highest BCUT2D eigenvalue weighted by atomic mass is 16.5. The summed E-state index contributed by atoms with van der Waals surface area (Å²) in [5.41, 5.74) is 1.24. The molecule has 0 saturated heterocycles. The second-order valence-electron chi connectivity index (χ2n) is 5.49. The highest BCUT2D eigenvalue weighted by Gasteiger charge is 2.34. The standard InChI is InChI=1S/C20H20N2O4/c1-3-25-17-11-7-5-9-14(17)21-15-13-19(23)22(20(15)24)16-10-6-8-12-18(16)26-4-2/h5-13,21H,3-4H2,1-2H3. The number of nitrogens with zero attached hydrogens (tertiary/aromatic N) is 1. The van der Waals surface area contributed by atoms with E-state index in [4.69, 9.17) is 9.47 Å². The van der Waals surface area contributed by atoms with E-state index in [1.807, 2.05) is 26.0 Å². The molecule has 1 aliphatic heterocycles.